The van der Waals surface area contributed by atoms with E-state index in [9.17, 15) is 0 Å². The number of rotatable bonds is 6. The van der Waals surface area contributed by atoms with Gasteiger partial charge in [-0.2, -0.15) is 11.8 Å². The van der Waals surface area contributed by atoms with Crippen LogP contribution in [0.15, 0.2) is 48.5 Å². The SMILES string of the molecule is c1ccc2c(c1)COC21CCN(CCSCCN2CCC3(CC2)OCc2ccccc23)CC1. The van der Waals surface area contributed by atoms with E-state index >= 15 is 0 Å². The summed E-state index contributed by atoms with van der Waals surface area (Å²) in [6.45, 7) is 8.63. The molecule has 4 aliphatic rings. The Morgan fingerprint density at radius 2 is 1.06 bits per heavy atom. The van der Waals surface area contributed by atoms with E-state index in [2.05, 4.69) is 70.1 Å². The fraction of sp³-hybridized carbons (Fsp3) is 0.571. The molecule has 33 heavy (non-hydrogen) atoms. The Morgan fingerprint density at radius 3 is 1.52 bits per heavy atom. The van der Waals surface area contributed by atoms with Crippen LogP contribution in [-0.2, 0) is 33.9 Å². The first-order valence-electron chi connectivity index (χ1n) is 12.7. The molecule has 4 nitrogen and oxygen atoms in total. The normalized spacial score (nSPS) is 23.8. The average Bonchev–Trinajstić information content (AvgIpc) is 3.41. The topological polar surface area (TPSA) is 24.9 Å². The summed E-state index contributed by atoms with van der Waals surface area (Å²) >= 11 is 2.12. The van der Waals surface area contributed by atoms with Crippen LogP contribution in [0.5, 0.6) is 0 Å². The molecular formula is C28H36N2O2S. The first-order valence-corrected chi connectivity index (χ1v) is 13.9. The molecule has 2 saturated heterocycles. The highest BCUT2D eigenvalue weighted by Crippen LogP contribution is 2.45. The minimum absolute atomic E-state index is 0.00456. The van der Waals surface area contributed by atoms with Crippen molar-refractivity contribution in [1.82, 2.24) is 9.80 Å². The van der Waals surface area contributed by atoms with E-state index in [1.807, 2.05) is 0 Å². The summed E-state index contributed by atoms with van der Waals surface area (Å²) < 4.78 is 12.6. The number of ether oxygens (including phenoxy) is 2. The van der Waals surface area contributed by atoms with Crippen molar-refractivity contribution in [2.45, 2.75) is 50.1 Å². The lowest BCUT2D eigenvalue weighted by molar-refractivity contribution is -0.0779. The molecule has 5 heteroatoms. The number of thioether (sulfide) groups is 1. The van der Waals surface area contributed by atoms with Gasteiger partial charge in [-0.15, -0.1) is 0 Å². The van der Waals surface area contributed by atoms with E-state index in [-0.39, 0.29) is 11.2 Å². The smallest absolute Gasteiger partial charge is 0.0963 e. The van der Waals surface area contributed by atoms with E-state index in [1.165, 1.54) is 46.8 Å². The molecule has 0 radical (unpaired) electrons. The molecule has 0 N–H and O–H groups in total. The Bertz CT molecular complexity index is 886. The van der Waals surface area contributed by atoms with Gasteiger partial charge in [0.2, 0.25) is 0 Å². The predicted molar refractivity (Wildman–Crippen MR) is 134 cm³/mol. The molecule has 0 amide bonds. The van der Waals surface area contributed by atoms with E-state index in [0.717, 1.165) is 65.1 Å². The first kappa shape index (κ1) is 22.1. The van der Waals surface area contributed by atoms with E-state index in [4.69, 9.17) is 9.47 Å². The molecular weight excluding hydrogens is 428 g/mol. The third-order valence-corrected chi connectivity index (χ3v) is 9.40. The summed E-state index contributed by atoms with van der Waals surface area (Å²) in [4.78, 5) is 5.28. The van der Waals surface area contributed by atoms with Gasteiger partial charge in [-0.05, 0) is 47.9 Å². The Labute approximate surface area is 202 Å². The molecule has 2 aromatic carbocycles. The van der Waals surface area contributed by atoms with Crippen LogP contribution in [0.1, 0.15) is 47.9 Å². The number of nitrogens with zero attached hydrogens (tertiary/aromatic N) is 2. The number of benzene rings is 2. The molecule has 2 aromatic rings. The standard InChI is InChI=1S/C28H36N2O2S/c1-3-7-25-23(5-1)21-31-27(25)9-13-29(14-10-27)17-19-33-20-18-30-15-11-28(12-16-30)26-8-4-2-6-24(26)22-32-28/h1-8H,9-22H2. The van der Waals surface area contributed by atoms with E-state index in [1.54, 1.807) is 0 Å². The Balaban J connectivity index is 0.892. The minimum Gasteiger partial charge on any atom is -0.365 e. The Kier molecular flexibility index (Phi) is 6.27. The minimum atomic E-state index is -0.00456. The summed E-state index contributed by atoms with van der Waals surface area (Å²) in [5.41, 5.74) is 5.69. The molecule has 176 valence electrons. The molecule has 2 spiro atoms. The van der Waals surface area contributed by atoms with Crippen LogP contribution >= 0.6 is 11.8 Å². The fourth-order valence-corrected chi connectivity index (χ4v) is 7.34. The van der Waals surface area contributed by atoms with Crippen LogP contribution in [0.3, 0.4) is 0 Å². The third-order valence-electron chi connectivity index (χ3n) is 8.46. The maximum atomic E-state index is 6.32. The summed E-state index contributed by atoms with van der Waals surface area (Å²) in [6, 6.07) is 17.6. The van der Waals surface area contributed by atoms with Gasteiger partial charge in [0.1, 0.15) is 0 Å². The van der Waals surface area contributed by atoms with Crippen molar-refractivity contribution in [2.75, 3.05) is 50.8 Å². The molecule has 4 aliphatic heterocycles. The largest absolute Gasteiger partial charge is 0.365 e. The number of piperidine rings is 2. The van der Waals surface area contributed by atoms with Crippen LogP contribution in [0.2, 0.25) is 0 Å². The highest BCUT2D eigenvalue weighted by Gasteiger charge is 2.43. The summed E-state index contributed by atoms with van der Waals surface area (Å²) in [6.07, 6.45) is 4.54. The quantitative estimate of drug-likeness (QED) is 0.574. The van der Waals surface area contributed by atoms with Crippen LogP contribution in [0.25, 0.3) is 0 Å². The van der Waals surface area contributed by atoms with Crippen LogP contribution in [0, 0.1) is 0 Å². The van der Waals surface area contributed by atoms with Gasteiger partial charge >= 0.3 is 0 Å². The second kappa shape index (κ2) is 9.35. The van der Waals surface area contributed by atoms with Crippen molar-refractivity contribution in [3.63, 3.8) is 0 Å². The van der Waals surface area contributed by atoms with Gasteiger partial charge in [-0.25, -0.2) is 0 Å². The molecule has 4 heterocycles. The molecule has 0 bridgehead atoms. The van der Waals surface area contributed by atoms with Crippen molar-refractivity contribution in [1.29, 1.82) is 0 Å². The van der Waals surface area contributed by atoms with Gasteiger partial charge in [-0.3, -0.25) is 0 Å². The second-order valence-electron chi connectivity index (χ2n) is 10.2. The van der Waals surface area contributed by atoms with Gasteiger partial charge in [0.05, 0.1) is 24.4 Å². The van der Waals surface area contributed by atoms with E-state index < -0.39 is 0 Å². The number of hydrogen-bond acceptors (Lipinski definition) is 5. The van der Waals surface area contributed by atoms with Gasteiger partial charge in [0, 0.05) is 50.8 Å². The average molecular weight is 465 g/mol. The molecule has 0 aromatic heterocycles. The lowest BCUT2D eigenvalue weighted by Gasteiger charge is -2.39. The summed E-state index contributed by atoms with van der Waals surface area (Å²) in [5, 5.41) is 0. The molecule has 6 rings (SSSR count). The van der Waals surface area contributed by atoms with Crippen molar-refractivity contribution in [3.05, 3.63) is 70.8 Å². The zero-order valence-corrected chi connectivity index (χ0v) is 20.5. The van der Waals surface area contributed by atoms with Crippen molar-refractivity contribution in [2.24, 2.45) is 0 Å². The van der Waals surface area contributed by atoms with Crippen LogP contribution in [0.4, 0.5) is 0 Å². The predicted octanol–water partition coefficient (Wildman–Crippen LogP) is 4.76. The highest BCUT2D eigenvalue weighted by atomic mass is 32.2. The van der Waals surface area contributed by atoms with Crippen LogP contribution < -0.4 is 0 Å². The zero-order chi connectivity index (χ0) is 22.1. The summed E-state index contributed by atoms with van der Waals surface area (Å²) in [5.74, 6) is 2.47. The lowest BCUT2D eigenvalue weighted by atomic mass is 9.84. The van der Waals surface area contributed by atoms with Gasteiger partial charge in [-0.1, -0.05) is 48.5 Å². The third kappa shape index (κ3) is 4.28. The maximum absolute atomic E-state index is 6.32. The highest BCUT2D eigenvalue weighted by molar-refractivity contribution is 7.99. The summed E-state index contributed by atoms with van der Waals surface area (Å²) in [7, 11) is 0. The van der Waals surface area contributed by atoms with Crippen LogP contribution in [-0.4, -0.2) is 60.6 Å². The first-order chi connectivity index (χ1) is 16.3. The fourth-order valence-electron chi connectivity index (χ4n) is 6.36. The zero-order valence-electron chi connectivity index (χ0n) is 19.6. The van der Waals surface area contributed by atoms with Crippen molar-refractivity contribution in [3.8, 4) is 0 Å². The van der Waals surface area contributed by atoms with E-state index in [0.29, 0.717) is 0 Å². The van der Waals surface area contributed by atoms with Gasteiger partial charge < -0.3 is 19.3 Å². The number of likely N-dealkylation sites (tertiary alicyclic amines) is 2. The van der Waals surface area contributed by atoms with Crippen molar-refractivity contribution >= 4 is 11.8 Å². The lowest BCUT2D eigenvalue weighted by Crippen LogP contribution is -2.43. The number of hydrogen-bond donors (Lipinski definition) is 0. The van der Waals surface area contributed by atoms with Crippen molar-refractivity contribution < 1.29 is 9.47 Å². The van der Waals surface area contributed by atoms with Gasteiger partial charge in [0.15, 0.2) is 0 Å². The molecule has 0 saturated carbocycles. The Morgan fingerprint density at radius 1 is 0.636 bits per heavy atom. The van der Waals surface area contributed by atoms with Gasteiger partial charge in [0.25, 0.3) is 0 Å². The monoisotopic (exact) mass is 464 g/mol. The second-order valence-corrected chi connectivity index (χ2v) is 11.4. The molecule has 0 aliphatic carbocycles. The Hall–Kier alpha value is -1.37. The number of fused-ring (bicyclic) bond motifs is 4. The molecule has 0 unspecified atom stereocenters. The molecule has 0 atom stereocenters. The maximum Gasteiger partial charge on any atom is 0.0963 e. The molecule has 2 fully saturated rings.